The number of nitrogens with zero attached hydrogens (tertiary/aromatic N) is 1. The fourth-order valence-electron chi connectivity index (χ4n) is 9.87. The van der Waals surface area contributed by atoms with Gasteiger partial charge in [0.2, 0.25) is 0 Å². The van der Waals surface area contributed by atoms with E-state index in [0.717, 1.165) is 11.4 Å². The van der Waals surface area contributed by atoms with Crippen molar-refractivity contribution in [3.8, 4) is 44.5 Å². The predicted molar refractivity (Wildman–Crippen MR) is 240 cm³/mol. The van der Waals surface area contributed by atoms with Crippen molar-refractivity contribution in [3.63, 3.8) is 0 Å². The largest absolute Gasteiger partial charge is 0.309 e. The number of para-hydroxylation sites is 1. The van der Waals surface area contributed by atoms with Crippen molar-refractivity contribution in [2.45, 2.75) is 38.5 Å². The fourth-order valence-corrected chi connectivity index (χ4v) is 11.1. The third kappa shape index (κ3) is 4.72. The molecule has 1 heterocycles. The van der Waals surface area contributed by atoms with Gasteiger partial charge < -0.3 is 4.90 Å². The maximum Gasteiger partial charge on any atom is 0.0543 e. The molecule has 0 unspecified atom stereocenters. The summed E-state index contributed by atoms with van der Waals surface area (Å²) in [4.78, 5) is 2.52. The van der Waals surface area contributed by atoms with Crippen LogP contribution in [0.1, 0.15) is 49.9 Å². The van der Waals surface area contributed by atoms with E-state index in [9.17, 15) is 0 Å². The maximum absolute atomic E-state index is 2.52. The summed E-state index contributed by atoms with van der Waals surface area (Å²) in [6.07, 6.45) is 0. The Morgan fingerprint density at radius 3 is 1.77 bits per heavy atom. The van der Waals surface area contributed by atoms with Gasteiger partial charge in [-0.2, -0.15) is 0 Å². The summed E-state index contributed by atoms with van der Waals surface area (Å²) in [7, 11) is 0. The first-order valence-electron chi connectivity index (χ1n) is 19.7. The van der Waals surface area contributed by atoms with Gasteiger partial charge in [-0.25, -0.2) is 0 Å². The van der Waals surface area contributed by atoms with Crippen molar-refractivity contribution in [2.24, 2.45) is 0 Å². The summed E-state index contributed by atoms with van der Waals surface area (Å²) in [5, 5.41) is 2.63. The van der Waals surface area contributed by atoms with Crippen LogP contribution in [0.2, 0.25) is 0 Å². The molecule has 1 nitrogen and oxygen atoms in total. The average Bonchev–Trinajstić information content (AvgIpc) is 3.82. The molecule has 2 aliphatic carbocycles. The van der Waals surface area contributed by atoms with Gasteiger partial charge in [0.1, 0.15) is 0 Å². The zero-order valence-corrected chi connectivity index (χ0v) is 32.9. The van der Waals surface area contributed by atoms with E-state index in [-0.39, 0.29) is 10.8 Å². The van der Waals surface area contributed by atoms with E-state index < -0.39 is 0 Å². The van der Waals surface area contributed by atoms with Gasteiger partial charge in [0.15, 0.2) is 0 Å². The zero-order chi connectivity index (χ0) is 37.8. The molecular weight excluding hydrogens is 695 g/mol. The Morgan fingerprint density at radius 2 is 0.946 bits per heavy atom. The molecule has 268 valence electrons. The van der Waals surface area contributed by atoms with Gasteiger partial charge in [0.25, 0.3) is 0 Å². The number of hydrogen-bond donors (Lipinski definition) is 0. The van der Waals surface area contributed by atoms with Crippen LogP contribution in [-0.2, 0) is 10.8 Å². The van der Waals surface area contributed by atoms with E-state index in [2.05, 4.69) is 209 Å². The first-order chi connectivity index (χ1) is 27.3. The van der Waals surface area contributed by atoms with Crippen LogP contribution in [0, 0.1) is 0 Å². The monoisotopic (exact) mass is 735 g/mol. The lowest BCUT2D eigenvalue weighted by Gasteiger charge is -2.31. The smallest absolute Gasteiger partial charge is 0.0543 e. The van der Waals surface area contributed by atoms with Gasteiger partial charge >= 0.3 is 0 Å². The van der Waals surface area contributed by atoms with Crippen molar-refractivity contribution in [1.82, 2.24) is 0 Å². The molecule has 0 fully saturated rings. The van der Waals surface area contributed by atoms with Gasteiger partial charge in [0, 0.05) is 53.4 Å². The second-order valence-corrected chi connectivity index (χ2v) is 17.5. The van der Waals surface area contributed by atoms with E-state index >= 15 is 0 Å². The summed E-state index contributed by atoms with van der Waals surface area (Å²) in [5.74, 6) is 0. The first kappa shape index (κ1) is 33.1. The highest BCUT2D eigenvalue weighted by Crippen LogP contribution is 2.56. The van der Waals surface area contributed by atoms with Crippen molar-refractivity contribution >= 4 is 48.6 Å². The lowest BCUT2D eigenvalue weighted by Crippen LogP contribution is -2.16. The Morgan fingerprint density at radius 1 is 0.393 bits per heavy atom. The number of fused-ring (bicyclic) bond motifs is 9. The fraction of sp³-hybridized carbons (Fsp3) is 0.111. The van der Waals surface area contributed by atoms with Crippen molar-refractivity contribution in [1.29, 1.82) is 0 Å². The van der Waals surface area contributed by atoms with Crippen LogP contribution >= 0.6 is 11.3 Å². The molecule has 0 radical (unpaired) electrons. The summed E-state index contributed by atoms with van der Waals surface area (Å²) in [5.41, 5.74) is 19.2. The van der Waals surface area contributed by atoms with Crippen LogP contribution in [0.3, 0.4) is 0 Å². The molecule has 0 saturated heterocycles. The van der Waals surface area contributed by atoms with E-state index in [1.807, 2.05) is 11.3 Å². The van der Waals surface area contributed by atoms with Gasteiger partial charge in [-0.05, 0) is 86.5 Å². The Labute approximate surface area is 333 Å². The molecule has 9 aromatic rings. The summed E-state index contributed by atoms with van der Waals surface area (Å²) >= 11 is 1.89. The Kier molecular flexibility index (Phi) is 7.18. The molecule has 2 aliphatic rings. The Bertz CT molecular complexity index is 3030. The summed E-state index contributed by atoms with van der Waals surface area (Å²) in [6.45, 7) is 9.45. The lowest BCUT2D eigenvalue weighted by atomic mass is 9.81. The van der Waals surface area contributed by atoms with Crippen LogP contribution < -0.4 is 4.90 Å². The first-order valence-corrected chi connectivity index (χ1v) is 20.5. The van der Waals surface area contributed by atoms with Gasteiger partial charge in [0.05, 0.1) is 11.4 Å². The van der Waals surface area contributed by atoms with Gasteiger partial charge in [-0.15, -0.1) is 11.3 Å². The number of thiophene rings is 1. The van der Waals surface area contributed by atoms with E-state index in [4.69, 9.17) is 0 Å². The highest BCUT2D eigenvalue weighted by Gasteiger charge is 2.38. The van der Waals surface area contributed by atoms with Crippen LogP contribution in [0.5, 0.6) is 0 Å². The maximum atomic E-state index is 2.52. The molecule has 8 aromatic carbocycles. The quantitative estimate of drug-likeness (QED) is 0.170. The summed E-state index contributed by atoms with van der Waals surface area (Å²) < 4.78 is 2.64. The lowest BCUT2D eigenvalue weighted by molar-refractivity contribution is 0.660. The molecule has 0 spiro atoms. The normalized spacial score (nSPS) is 14.4. The minimum atomic E-state index is -0.110. The van der Waals surface area contributed by atoms with Crippen molar-refractivity contribution in [2.75, 3.05) is 4.90 Å². The molecule has 0 atom stereocenters. The molecule has 0 amide bonds. The van der Waals surface area contributed by atoms with E-state index in [1.165, 1.54) is 92.6 Å². The van der Waals surface area contributed by atoms with E-state index in [0.29, 0.717) is 0 Å². The highest BCUT2D eigenvalue weighted by molar-refractivity contribution is 7.26. The minimum absolute atomic E-state index is 0.0442. The SMILES string of the molecule is CC1(C)c2ccccc2-c2ccc(-c3ccc(N(c4ccccc4-c4cccc5c4sc4ccccc45)c4cccc5c4-c4ccccc4C5(C)C)cc3)cc21. The minimum Gasteiger partial charge on any atom is -0.309 e. The Balaban J connectivity index is 1.11. The van der Waals surface area contributed by atoms with Crippen LogP contribution in [0.25, 0.3) is 64.7 Å². The van der Waals surface area contributed by atoms with Gasteiger partial charge in [-0.3, -0.25) is 0 Å². The zero-order valence-electron chi connectivity index (χ0n) is 32.1. The number of rotatable bonds is 5. The number of anilines is 3. The Hall–Kier alpha value is -6.22. The highest BCUT2D eigenvalue weighted by atomic mass is 32.1. The van der Waals surface area contributed by atoms with Crippen LogP contribution in [-0.4, -0.2) is 0 Å². The molecule has 0 saturated carbocycles. The van der Waals surface area contributed by atoms with E-state index in [1.54, 1.807) is 0 Å². The molecule has 11 rings (SSSR count). The van der Waals surface area contributed by atoms with Crippen LogP contribution in [0.4, 0.5) is 17.1 Å². The molecule has 0 N–H and O–H groups in total. The third-order valence-corrected chi connectivity index (χ3v) is 13.9. The van der Waals surface area contributed by atoms with Crippen LogP contribution in [0.15, 0.2) is 176 Å². The molecule has 1 aromatic heterocycles. The summed E-state index contributed by atoms with van der Waals surface area (Å²) in [6, 6.07) is 65.7. The predicted octanol–water partition coefficient (Wildman–Crippen LogP) is 15.5. The van der Waals surface area contributed by atoms with Crippen molar-refractivity contribution < 1.29 is 0 Å². The number of benzene rings is 8. The average molecular weight is 736 g/mol. The molecular formula is C54H41NS. The standard InChI is InChI=1S/C54H41NS/c1-53(2)45-22-10-6-18-43(45)51-46(53)23-14-25-49(51)55(48-24-11-7-16-39(48)41-19-13-20-42-40-17-8-12-26-50(40)56-52(41)42)36-30-27-34(28-31-36)35-29-32-38-37-15-5-9-21-44(37)54(3,4)47(38)33-35/h5-33H,1-4H3. The van der Waals surface area contributed by atoms with Gasteiger partial charge in [-0.1, -0.05) is 167 Å². The molecule has 2 heteroatoms. The van der Waals surface area contributed by atoms with Crippen molar-refractivity contribution in [3.05, 3.63) is 198 Å². The third-order valence-electron chi connectivity index (χ3n) is 12.7. The number of hydrogen-bond acceptors (Lipinski definition) is 2. The second kappa shape index (κ2) is 12.1. The molecule has 0 aliphatic heterocycles. The molecule has 0 bridgehead atoms. The second-order valence-electron chi connectivity index (χ2n) is 16.5. The molecule has 56 heavy (non-hydrogen) atoms. The topological polar surface area (TPSA) is 3.24 Å².